The molecule has 2 heterocycles. The van der Waals surface area contributed by atoms with Gasteiger partial charge < -0.3 is 9.47 Å². The van der Waals surface area contributed by atoms with Crippen LogP contribution < -0.4 is 5.32 Å². The minimum absolute atomic E-state index is 0.00768. The molecule has 7 nitrogen and oxygen atoms in total. The minimum Gasteiger partial charge on any atom is -0.444 e. The van der Waals surface area contributed by atoms with Crippen molar-refractivity contribution in [2.75, 3.05) is 5.32 Å². The molecule has 0 saturated carbocycles. The summed E-state index contributed by atoms with van der Waals surface area (Å²) in [7, 11) is 0. The van der Waals surface area contributed by atoms with E-state index in [2.05, 4.69) is 15.0 Å². The Morgan fingerprint density at radius 3 is 2.62 bits per heavy atom. The molecule has 0 aromatic carbocycles. The maximum atomic E-state index is 11.7. The minimum atomic E-state index is -0.635. The van der Waals surface area contributed by atoms with Crippen molar-refractivity contribution in [3.63, 3.8) is 0 Å². The third kappa shape index (κ3) is 3.78. The molecule has 1 aliphatic rings. The van der Waals surface area contributed by atoms with E-state index in [1.54, 1.807) is 27.7 Å². The highest BCUT2D eigenvalue weighted by Crippen LogP contribution is 2.35. The van der Waals surface area contributed by atoms with Crippen molar-refractivity contribution in [1.29, 1.82) is 0 Å². The van der Waals surface area contributed by atoms with Gasteiger partial charge in [0.25, 0.3) is 0 Å². The molecule has 2 rings (SSSR count). The number of anilines is 1. The molecule has 0 radical (unpaired) electrons. The normalized spacial score (nSPS) is 18.6. The Balaban J connectivity index is 2.11. The molecule has 1 N–H and O–H groups in total. The van der Waals surface area contributed by atoms with Crippen LogP contribution in [-0.2, 0) is 19.1 Å². The zero-order chi connectivity index (χ0) is 15.8. The summed E-state index contributed by atoms with van der Waals surface area (Å²) in [6.07, 6.45) is -0.610. The molecule has 0 aliphatic carbocycles. The maximum Gasteiger partial charge on any atom is 0.413 e. The molecule has 21 heavy (non-hydrogen) atoms. The summed E-state index contributed by atoms with van der Waals surface area (Å²) in [5, 5.41) is 2.84. The molecular weight excluding hydrogens is 296 g/mol. The van der Waals surface area contributed by atoms with Crippen LogP contribution in [0.5, 0.6) is 0 Å². The average molecular weight is 312 g/mol. The van der Waals surface area contributed by atoms with E-state index in [1.807, 2.05) is 0 Å². The van der Waals surface area contributed by atoms with Crippen molar-refractivity contribution in [2.24, 2.45) is 0 Å². The van der Waals surface area contributed by atoms with Crippen molar-refractivity contribution in [3.8, 4) is 0 Å². The summed E-state index contributed by atoms with van der Waals surface area (Å²) < 4.78 is 9.65. The molecule has 1 saturated heterocycles. The molecule has 1 fully saturated rings. The third-order valence-corrected chi connectivity index (χ3v) is 3.81. The lowest BCUT2D eigenvalue weighted by molar-refractivity contribution is -0.152. The zero-order valence-electron chi connectivity index (χ0n) is 12.2. The van der Waals surface area contributed by atoms with Crippen molar-refractivity contribution in [3.05, 3.63) is 10.6 Å². The van der Waals surface area contributed by atoms with E-state index in [1.165, 1.54) is 0 Å². The van der Waals surface area contributed by atoms with E-state index < -0.39 is 29.6 Å². The fourth-order valence-electron chi connectivity index (χ4n) is 1.85. The molecule has 1 amide bonds. The molecule has 0 bridgehead atoms. The van der Waals surface area contributed by atoms with E-state index >= 15 is 0 Å². The molecular formula is C13H16N2O5S. The van der Waals surface area contributed by atoms with E-state index in [0.717, 1.165) is 11.3 Å². The van der Waals surface area contributed by atoms with Gasteiger partial charge in [-0.25, -0.2) is 9.78 Å². The highest BCUT2D eigenvalue weighted by molar-refractivity contribution is 7.16. The van der Waals surface area contributed by atoms with Gasteiger partial charge in [-0.05, 0) is 27.7 Å². The Labute approximate surface area is 125 Å². The van der Waals surface area contributed by atoms with E-state index in [0.29, 0.717) is 15.7 Å². The molecule has 114 valence electrons. The number of aromatic nitrogens is 1. The summed E-state index contributed by atoms with van der Waals surface area (Å²) >= 11 is 1.14. The number of amides is 1. The number of hydrogen-bond acceptors (Lipinski definition) is 7. The van der Waals surface area contributed by atoms with Crippen molar-refractivity contribution in [1.82, 2.24) is 4.98 Å². The number of thiazole rings is 1. The number of carbonyl (C=O) groups is 3. The van der Waals surface area contributed by atoms with E-state index in [-0.39, 0.29) is 6.42 Å². The largest absolute Gasteiger partial charge is 0.444 e. The third-order valence-electron chi connectivity index (χ3n) is 2.63. The van der Waals surface area contributed by atoms with Crippen LogP contribution in [0.3, 0.4) is 0 Å². The van der Waals surface area contributed by atoms with Gasteiger partial charge in [-0.15, -0.1) is 11.3 Å². The Morgan fingerprint density at radius 1 is 1.43 bits per heavy atom. The number of nitrogens with one attached hydrogen (secondary N) is 1. The van der Waals surface area contributed by atoms with Crippen molar-refractivity contribution >= 4 is 34.5 Å². The second-order valence-electron chi connectivity index (χ2n) is 5.65. The van der Waals surface area contributed by atoms with Crippen LogP contribution in [0.1, 0.15) is 43.7 Å². The Hall–Kier alpha value is -1.96. The van der Waals surface area contributed by atoms with Gasteiger partial charge in [-0.3, -0.25) is 14.9 Å². The van der Waals surface area contributed by atoms with E-state index in [9.17, 15) is 14.4 Å². The van der Waals surface area contributed by atoms with Gasteiger partial charge in [0.15, 0.2) is 5.13 Å². The molecule has 1 unspecified atom stereocenters. The van der Waals surface area contributed by atoms with Crippen LogP contribution in [0.2, 0.25) is 0 Å². The lowest BCUT2D eigenvalue weighted by Gasteiger charge is -2.18. The summed E-state index contributed by atoms with van der Waals surface area (Å²) in [6, 6.07) is 0. The van der Waals surface area contributed by atoms with Crippen LogP contribution in [0.25, 0.3) is 0 Å². The average Bonchev–Trinajstić information content (AvgIpc) is 2.78. The van der Waals surface area contributed by atoms with Crippen LogP contribution >= 0.6 is 11.3 Å². The topological polar surface area (TPSA) is 94.6 Å². The Morgan fingerprint density at radius 2 is 2.10 bits per heavy atom. The fourth-order valence-corrected chi connectivity index (χ4v) is 2.89. The number of nitrogens with zero attached hydrogens (tertiary/aromatic N) is 1. The maximum absolute atomic E-state index is 11.7. The first-order valence-electron chi connectivity index (χ1n) is 6.37. The van der Waals surface area contributed by atoms with Gasteiger partial charge in [-0.2, -0.15) is 0 Å². The number of cyclic esters (lactones) is 2. The quantitative estimate of drug-likeness (QED) is 0.665. The monoisotopic (exact) mass is 312 g/mol. The Bertz CT molecular complexity index is 602. The predicted molar refractivity (Wildman–Crippen MR) is 75.2 cm³/mol. The van der Waals surface area contributed by atoms with Crippen LogP contribution in [0.15, 0.2) is 0 Å². The lowest BCUT2D eigenvalue weighted by Crippen LogP contribution is -2.27. The number of carbonyl (C=O) groups excluding carboxylic acids is 3. The zero-order valence-corrected chi connectivity index (χ0v) is 13.0. The highest BCUT2D eigenvalue weighted by atomic mass is 32.1. The summed E-state index contributed by atoms with van der Waals surface area (Å²) in [5.74, 6) is -1.75. The van der Waals surface area contributed by atoms with E-state index in [4.69, 9.17) is 4.74 Å². The first kappa shape index (κ1) is 15.4. The first-order valence-corrected chi connectivity index (χ1v) is 7.19. The number of rotatable bonds is 2. The van der Waals surface area contributed by atoms with Crippen molar-refractivity contribution < 1.29 is 23.9 Å². The SMILES string of the molecule is Cc1nc(NC(=O)OC(C)(C)C)sc1C1CC(=O)OC1=O. The summed E-state index contributed by atoms with van der Waals surface area (Å²) in [6.45, 7) is 6.98. The summed E-state index contributed by atoms with van der Waals surface area (Å²) in [5.41, 5.74) is -0.0244. The first-order chi connectivity index (χ1) is 9.65. The number of ether oxygens (including phenoxy) is 2. The van der Waals surface area contributed by atoms with Crippen LogP contribution in [-0.4, -0.2) is 28.6 Å². The molecule has 1 atom stereocenters. The fraction of sp³-hybridized carbons (Fsp3) is 0.538. The predicted octanol–water partition coefficient (Wildman–Crippen LogP) is 2.36. The molecule has 1 aromatic heterocycles. The van der Waals surface area contributed by atoms with Gasteiger partial charge in [0.05, 0.1) is 12.1 Å². The number of aryl methyl sites for hydroxylation is 1. The van der Waals surface area contributed by atoms with Gasteiger partial charge in [0.2, 0.25) is 0 Å². The number of esters is 2. The molecule has 1 aromatic rings. The highest BCUT2D eigenvalue weighted by Gasteiger charge is 2.37. The molecule has 1 aliphatic heterocycles. The number of hydrogen-bond donors (Lipinski definition) is 1. The van der Waals surface area contributed by atoms with Gasteiger partial charge in [0.1, 0.15) is 11.5 Å². The van der Waals surface area contributed by atoms with Gasteiger partial charge in [0, 0.05) is 4.88 Å². The van der Waals surface area contributed by atoms with Gasteiger partial charge in [-0.1, -0.05) is 0 Å². The second kappa shape index (κ2) is 5.44. The summed E-state index contributed by atoms with van der Waals surface area (Å²) in [4.78, 5) is 39.2. The van der Waals surface area contributed by atoms with Crippen LogP contribution in [0.4, 0.5) is 9.93 Å². The molecule has 8 heteroatoms. The van der Waals surface area contributed by atoms with Gasteiger partial charge >= 0.3 is 18.0 Å². The smallest absolute Gasteiger partial charge is 0.413 e. The standard InChI is InChI=1S/C13H16N2O5S/c1-6-9(7-5-8(16)19-10(7)17)21-11(14-6)15-12(18)20-13(2,3)4/h7H,5H2,1-4H3,(H,14,15,18). The Kier molecular flexibility index (Phi) is 3.99. The second-order valence-corrected chi connectivity index (χ2v) is 6.68. The lowest BCUT2D eigenvalue weighted by atomic mass is 10.1. The molecule has 0 spiro atoms. The van der Waals surface area contributed by atoms with Crippen molar-refractivity contribution in [2.45, 2.75) is 45.6 Å². The van der Waals surface area contributed by atoms with Crippen LogP contribution in [0, 0.1) is 6.92 Å².